The zero-order valence-corrected chi connectivity index (χ0v) is 16.9. The molecule has 0 unspecified atom stereocenters. The standard InChI is InChI=1S/C17H16FN5O3.C2HF3O2/c1-22(17(26)11-4-2-3-5-12(11)18)8-6-19-15(24)13-10-23-9-7-20-16(25)14(23)21-13;3-2(4,5)1(6)7/h2-5,7,9-10H,6,8H2,1H3,(H,19,24)(H,20,25);(H,6,7). The Bertz CT molecular complexity index is 1220. The molecule has 0 aliphatic heterocycles. The number of fused-ring (bicyclic) bond motifs is 1. The lowest BCUT2D eigenvalue weighted by Gasteiger charge is -2.17. The first-order valence-corrected chi connectivity index (χ1v) is 9.06. The van der Waals surface area contributed by atoms with Crippen molar-refractivity contribution >= 4 is 23.4 Å². The number of imidazole rings is 1. The number of nitrogens with zero attached hydrogens (tertiary/aromatic N) is 3. The number of aliphatic carboxylic acids is 1. The van der Waals surface area contributed by atoms with Gasteiger partial charge >= 0.3 is 12.1 Å². The molecule has 0 aliphatic rings. The van der Waals surface area contributed by atoms with Gasteiger partial charge in [0, 0.05) is 38.7 Å². The first-order chi connectivity index (χ1) is 15.4. The van der Waals surface area contributed by atoms with Gasteiger partial charge in [0.15, 0.2) is 0 Å². The number of carboxylic acids is 1. The molecule has 0 aliphatic carbocycles. The fourth-order valence-corrected chi connectivity index (χ4v) is 2.41. The molecular weight excluding hydrogens is 454 g/mol. The number of nitrogens with one attached hydrogen (secondary N) is 2. The summed E-state index contributed by atoms with van der Waals surface area (Å²) in [5.74, 6) is -4.30. The number of aromatic amines is 1. The van der Waals surface area contributed by atoms with Gasteiger partial charge in [-0.3, -0.25) is 14.4 Å². The number of aromatic nitrogens is 3. The Balaban J connectivity index is 0.000000479. The van der Waals surface area contributed by atoms with Gasteiger partial charge in [0.2, 0.25) is 5.65 Å². The molecule has 176 valence electrons. The minimum atomic E-state index is -5.08. The molecule has 14 heteroatoms. The van der Waals surface area contributed by atoms with E-state index in [0.29, 0.717) is 0 Å². The number of amides is 2. The molecule has 3 rings (SSSR count). The maximum absolute atomic E-state index is 13.7. The van der Waals surface area contributed by atoms with Crippen molar-refractivity contribution in [1.82, 2.24) is 24.6 Å². The Kier molecular flexibility index (Phi) is 7.88. The summed E-state index contributed by atoms with van der Waals surface area (Å²) in [5.41, 5.74) is -0.225. The summed E-state index contributed by atoms with van der Waals surface area (Å²) < 4.78 is 46.8. The minimum Gasteiger partial charge on any atom is -0.475 e. The predicted octanol–water partition coefficient (Wildman–Crippen LogP) is 1.30. The summed E-state index contributed by atoms with van der Waals surface area (Å²) in [5, 5.41) is 9.74. The van der Waals surface area contributed by atoms with E-state index in [0.717, 1.165) is 0 Å². The largest absolute Gasteiger partial charge is 0.490 e. The quantitative estimate of drug-likeness (QED) is 0.480. The van der Waals surface area contributed by atoms with Gasteiger partial charge in [0.25, 0.3) is 17.4 Å². The van der Waals surface area contributed by atoms with Crippen molar-refractivity contribution in [2.24, 2.45) is 0 Å². The van der Waals surface area contributed by atoms with Gasteiger partial charge < -0.3 is 24.7 Å². The molecule has 33 heavy (non-hydrogen) atoms. The lowest BCUT2D eigenvalue weighted by Crippen LogP contribution is -2.36. The highest BCUT2D eigenvalue weighted by atomic mass is 19.4. The van der Waals surface area contributed by atoms with Gasteiger partial charge in [-0.25, -0.2) is 14.2 Å². The van der Waals surface area contributed by atoms with E-state index in [-0.39, 0.29) is 30.0 Å². The van der Waals surface area contributed by atoms with E-state index in [1.165, 1.54) is 46.9 Å². The van der Waals surface area contributed by atoms with E-state index >= 15 is 0 Å². The van der Waals surface area contributed by atoms with Crippen LogP contribution in [-0.4, -0.2) is 68.5 Å². The molecule has 0 atom stereocenters. The zero-order valence-electron chi connectivity index (χ0n) is 16.9. The predicted molar refractivity (Wildman–Crippen MR) is 105 cm³/mol. The highest BCUT2D eigenvalue weighted by Gasteiger charge is 2.38. The molecule has 0 bridgehead atoms. The van der Waals surface area contributed by atoms with Gasteiger partial charge in [-0.1, -0.05) is 12.1 Å². The molecule has 0 radical (unpaired) electrons. The molecule has 2 amide bonds. The molecule has 0 spiro atoms. The number of halogens is 4. The highest BCUT2D eigenvalue weighted by Crippen LogP contribution is 2.13. The number of carbonyl (C=O) groups is 3. The van der Waals surface area contributed by atoms with Crippen molar-refractivity contribution in [2.45, 2.75) is 6.18 Å². The number of alkyl halides is 3. The summed E-state index contributed by atoms with van der Waals surface area (Å²) in [6.45, 7) is 0.340. The first kappa shape index (κ1) is 25.0. The van der Waals surface area contributed by atoms with Crippen LogP contribution in [0.25, 0.3) is 5.65 Å². The van der Waals surface area contributed by atoms with Crippen LogP contribution in [0.2, 0.25) is 0 Å². The topological polar surface area (TPSA) is 137 Å². The van der Waals surface area contributed by atoms with Gasteiger partial charge in [-0.2, -0.15) is 13.2 Å². The van der Waals surface area contributed by atoms with E-state index < -0.39 is 35.3 Å². The SMILES string of the molecule is CN(CCNC(=O)c1cn2cc[nH]c(=O)c2n1)C(=O)c1ccccc1F.O=C(O)C(F)(F)F. The summed E-state index contributed by atoms with van der Waals surface area (Å²) in [7, 11) is 1.52. The van der Waals surface area contributed by atoms with Gasteiger partial charge in [-0.15, -0.1) is 0 Å². The van der Waals surface area contributed by atoms with E-state index in [1.54, 1.807) is 12.3 Å². The summed E-state index contributed by atoms with van der Waals surface area (Å²) in [4.78, 5) is 52.6. The maximum atomic E-state index is 13.7. The van der Waals surface area contributed by atoms with Gasteiger partial charge in [0.05, 0.1) is 5.56 Å². The van der Waals surface area contributed by atoms with Crippen LogP contribution in [0.4, 0.5) is 17.6 Å². The average molecular weight is 471 g/mol. The molecule has 10 nitrogen and oxygen atoms in total. The second-order valence-corrected chi connectivity index (χ2v) is 6.41. The second kappa shape index (κ2) is 10.4. The molecule has 0 fully saturated rings. The molecule has 0 saturated carbocycles. The van der Waals surface area contributed by atoms with Crippen LogP contribution in [0.15, 0.2) is 47.7 Å². The van der Waals surface area contributed by atoms with Crippen molar-refractivity contribution in [3.05, 3.63) is 70.3 Å². The molecule has 2 aromatic heterocycles. The summed E-state index contributed by atoms with van der Waals surface area (Å²) in [6.07, 6.45) is -0.628. The number of carboxylic acid groups (broad SMARTS) is 1. The van der Waals surface area contributed by atoms with E-state index in [9.17, 15) is 31.9 Å². The second-order valence-electron chi connectivity index (χ2n) is 6.41. The number of hydrogen-bond acceptors (Lipinski definition) is 5. The van der Waals surface area contributed by atoms with Crippen LogP contribution < -0.4 is 10.9 Å². The van der Waals surface area contributed by atoms with Crippen LogP contribution >= 0.6 is 0 Å². The molecular formula is C19H17F4N5O5. The number of hydrogen-bond donors (Lipinski definition) is 3. The Labute approximate surface area is 182 Å². The zero-order chi connectivity index (χ0) is 24.8. The number of carbonyl (C=O) groups excluding carboxylic acids is 2. The maximum Gasteiger partial charge on any atom is 0.490 e. The molecule has 3 aromatic rings. The van der Waals surface area contributed by atoms with Crippen molar-refractivity contribution in [3.8, 4) is 0 Å². The number of benzene rings is 1. The highest BCUT2D eigenvalue weighted by molar-refractivity contribution is 5.94. The fraction of sp³-hybridized carbons (Fsp3) is 0.211. The average Bonchev–Trinajstić information content (AvgIpc) is 3.19. The number of H-pyrrole nitrogens is 1. The van der Waals surface area contributed by atoms with Crippen molar-refractivity contribution in [1.29, 1.82) is 0 Å². The van der Waals surface area contributed by atoms with Gasteiger partial charge in [-0.05, 0) is 12.1 Å². The lowest BCUT2D eigenvalue weighted by molar-refractivity contribution is -0.192. The lowest BCUT2D eigenvalue weighted by atomic mass is 10.2. The third-order valence-electron chi connectivity index (χ3n) is 4.04. The Morgan fingerprint density at radius 3 is 2.45 bits per heavy atom. The summed E-state index contributed by atoms with van der Waals surface area (Å²) >= 11 is 0. The van der Waals surface area contributed by atoms with Crippen LogP contribution in [-0.2, 0) is 4.79 Å². The Morgan fingerprint density at radius 2 is 1.88 bits per heavy atom. The van der Waals surface area contributed by atoms with Crippen molar-refractivity contribution in [2.75, 3.05) is 20.1 Å². The van der Waals surface area contributed by atoms with E-state index in [4.69, 9.17) is 9.90 Å². The molecule has 0 saturated heterocycles. The molecule has 2 heterocycles. The number of rotatable bonds is 5. The fourth-order valence-electron chi connectivity index (χ4n) is 2.41. The molecule has 1 aromatic carbocycles. The minimum absolute atomic E-state index is 0.0269. The first-order valence-electron chi connectivity index (χ1n) is 9.06. The van der Waals surface area contributed by atoms with Crippen molar-refractivity contribution in [3.63, 3.8) is 0 Å². The summed E-state index contributed by atoms with van der Waals surface area (Å²) in [6, 6.07) is 5.71. The van der Waals surface area contributed by atoms with E-state index in [1.807, 2.05) is 0 Å². The Hall–Kier alpha value is -4.23. The van der Waals surface area contributed by atoms with Crippen LogP contribution in [0.3, 0.4) is 0 Å². The third kappa shape index (κ3) is 6.62. The van der Waals surface area contributed by atoms with E-state index in [2.05, 4.69) is 15.3 Å². The molecule has 3 N–H and O–H groups in total. The smallest absolute Gasteiger partial charge is 0.475 e. The monoisotopic (exact) mass is 471 g/mol. The number of likely N-dealkylation sites (N-methyl/N-ethyl adjacent to an activating group) is 1. The third-order valence-corrected chi connectivity index (χ3v) is 4.04. The van der Waals surface area contributed by atoms with Crippen LogP contribution in [0.5, 0.6) is 0 Å². The normalized spacial score (nSPS) is 10.8. The van der Waals surface area contributed by atoms with Crippen molar-refractivity contribution < 1.29 is 37.1 Å². The Morgan fingerprint density at radius 1 is 1.24 bits per heavy atom. The van der Waals surface area contributed by atoms with Crippen LogP contribution in [0, 0.1) is 5.82 Å². The van der Waals surface area contributed by atoms with Gasteiger partial charge in [0.1, 0.15) is 11.5 Å². The van der Waals surface area contributed by atoms with Crippen LogP contribution in [0.1, 0.15) is 20.8 Å².